The minimum atomic E-state index is -0.341. The lowest BCUT2D eigenvalue weighted by molar-refractivity contribution is -0.0000156. The summed E-state index contributed by atoms with van der Waals surface area (Å²) >= 11 is 0. The fourth-order valence-corrected chi connectivity index (χ4v) is 3.68. The van der Waals surface area contributed by atoms with Crippen molar-refractivity contribution in [3.8, 4) is 5.69 Å². The molecule has 3 aromatic rings. The van der Waals surface area contributed by atoms with Gasteiger partial charge in [0.2, 0.25) is 0 Å². The number of ether oxygens (including phenoxy) is 1. The van der Waals surface area contributed by atoms with E-state index in [0.717, 1.165) is 51.3 Å². The summed E-state index contributed by atoms with van der Waals surface area (Å²) in [4.78, 5) is 15.4. The first-order chi connectivity index (χ1) is 14.6. The van der Waals surface area contributed by atoms with Crippen LogP contribution in [0.5, 0.6) is 0 Å². The Labute approximate surface area is 187 Å². The van der Waals surface area contributed by atoms with Crippen LogP contribution in [0.15, 0.2) is 54.7 Å². The molecule has 0 atom stereocenters. The molecule has 0 saturated carbocycles. The van der Waals surface area contributed by atoms with Gasteiger partial charge in [0.1, 0.15) is 11.6 Å². The number of ketones is 1. The van der Waals surface area contributed by atoms with E-state index in [2.05, 4.69) is 10.00 Å². The average Bonchev–Trinajstić information content (AvgIpc) is 3.16. The smallest absolute Gasteiger partial charge is 0.198 e. The molecule has 0 unspecified atom stereocenters. The van der Waals surface area contributed by atoms with Crippen molar-refractivity contribution in [2.75, 3.05) is 38.6 Å². The first-order valence-electron chi connectivity index (χ1n) is 10.1. The fraction of sp³-hybridized carbons (Fsp3) is 0.304. The lowest BCUT2D eigenvalue weighted by Crippen LogP contribution is -3.00. The molecule has 0 spiro atoms. The van der Waals surface area contributed by atoms with Crippen molar-refractivity contribution in [2.45, 2.75) is 12.8 Å². The molecule has 2 aromatic carbocycles. The van der Waals surface area contributed by atoms with E-state index in [0.29, 0.717) is 16.8 Å². The lowest BCUT2D eigenvalue weighted by Gasteiger charge is -2.26. The number of benzene rings is 2. The Bertz CT molecular complexity index is 1020. The highest BCUT2D eigenvalue weighted by Crippen LogP contribution is 2.21. The average molecular weight is 444 g/mol. The molecule has 0 bridgehead atoms. The maximum absolute atomic E-state index is 13.2. The van der Waals surface area contributed by atoms with Gasteiger partial charge < -0.3 is 22.9 Å². The summed E-state index contributed by atoms with van der Waals surface area (Å²) in [5, 5.41) is 4.22. The van der Waals surface area contributed by atoms with Crippen molar-refractivity contribution in [1.29, 1.82) is 0 Å². The highest BCUT2D eigenvalue weighted by Gasteiger charge is 2.18. The molecule has 1 aliphatic rings. The SMILES string of the molecule is Nc1c(C(=O)c2cccc(CCCN3CCOCC3)c2)cnn1-c1ccc(F)cc1.[Cl-]. The Balaban J connectivity index is 0.00000272. The minimum Gasteiger partial charge on any atom is -1.00 e. The van der Waals surface area contributed by atoms with Gasteiger partial charge in [-0.2, -0.15) is 5.10 Å². The third kappa shape index (κ3) is 5.50. The van der Waals surface area contributed by atoms with E-state index < -0.39 is 0 Å². The second kappa shape index (κ2) is 10.5. The van der Waals surface area contributed by atoms with Crippen molar-refractivity contribution >= 4 is 11.6 Å². The van der Waals surface area contributed by atoms with E-state index in [9.17, 15) is 9.18 Å². The number of aryl methyl sites for hydroxylation is 1. The molecule has 2 heterocycles. The van der Waals surface area contributed by atoms with Crippen LogP contribution < -0.4 is 18.1 Å². The molecular formula is C23H25ClFN4O2-. The number of anilines is 1. The van der Waals surface area contributed by atoms with Crippen molar-refractivity contribution < 1.29 is 26.3 Å². The molecular weight excluding hydrogens is 419 g/mol. The molecule has 1 saturated heterocycles. The molecule has 2 N–H and O–H groups in total. The molecule has 164 valence electrons. The monoisotopic (exact) mass is 443 g/mol. The number of nitrogens with two attached hydrogens (primary N) is 1. The first-order valence-corrected chi connectivity index (χ1v) is 10.1. The third-order valence-corrected chi connectivity index (χ3v) is 5.35. The normalized spacial score (nSPS) is 14.2. The number of aromatic nitrogens is 2. The van der Waals surface area contributed by atoms with E-state index >= 15 is 0 Å². The zero-order valence-electron chi connectivity index (χ0n) is 17.1. The standard InChI is InChI=1S/C23H25FN4O2.ClH/c24-19-6-8-20(9-7-19)28-23(25)21(16-26-28)22(29)18-5-1-3-17(15-18)4-2-10-27-11-13-30-14-12-27;/h1,3,5-9,15-16H,2,4,10-14,25H2;1H/p-1. The van der Waals surface area contributed by atoms with Crippen LogP contribution in [0.1, 0.15) is 27.9 Å². The quantitative estimate of drug-likeness (QED) is 0.524. The summed E-state index contributed by atoms with van der Waals surface area (Å²) < 4.78 is 20.0. The Morgan fingerprint density at radius 3 is 2.61 bits per heavy atom. The summed E-state index contributed by atoms with van der Waals surface area (Å²) in [6.45, 7) is 4.60. The van der Waals surface area contributed by atoms with E-state index in [-0.39, 0.29) is 29.8 Å². The van der Waals surface area contributed by atoms with Crippen LogP contribution in [0.25, 0.3) is 5.69 Å². The zero-order chi connectivity index (χ0) is 20.9. The van der Waals surface area contributed by atoms with Crippen LogP contribution in [-0.2, 0) is 11.2 Å². The van der Waals surface area contributed by atoms with Gasteiger partial charge in [-0.25, -0.2) is 9.07 Å². The Morgan fingerprint density at radius 2 is 1.87 bits per heavy atom. The van der Waals surface area contributed by atoms with Crippen molar-refractivity contribution in [3.63, 3.8) is 0 Å². The zero-order valence-corrected chi connectivity index (χ0v) is 17.9. The van der Waals surface area contributed by atoms with Gasteiger partial charge in [-0.15, -0.1) is 0 Å². The van der Waals surface area contributed by atoms with Gasteiger partial charge in [0.15, 0.2) is 5.78 Å². The number of nitrogens with zero attached hydrogens (tertiary/aromatic N) is 3. The topological polar surface area (TPSA) is 73.4 Å². The van der Waals surface area contributed by atoms with Crippen LogP contribution in [0, 0.1) is 5.82 Å². The van der Waals surface area contributed by atoms with Crippen LogP contribution in [-0.4, -0.2) is 53.3 Å². The van der Waals surface area contributed by atoms with E-state index in [1.54, 1.807) is 18.2 Å². The second-order valence-corrected chi connectivity index (χ2v) is 7.42. The van der Waals surface area contributed by atoms with Crippen molar-refractivity contribution in [1.82, 2.24) is 14.7 Å². The third-order valence-electron chi connectivity index (χ3n) is 5.35. The number of carbonyl (C=O) groups excluding carboxylic acids is 1. The number of rotatable bonds is 7. The van der Waals surface area contributed by atoms with Gasteiger partial charge in [-0.1, -0.05) is 18.2 Å². The van der Waals surface area contributed by atoms with Crippen LogP contribution in [0.3, 0.4) is 0 Å². The number of hydrogen-bond acceptors (Lipinski definition) is 5. The molecule has 1 aromatic heterocycles. The van der Waals surface area contributed by atoms with Gasteiger partial charge in [-0.05, 0) is 55.3 Å². The molecule has 6 nitrogen and oxygen atoms in total. The molecule has 8 heteroatoms. The van der Waals surface area contributed by atoms with Crippen molar-refractivity contribution in [3.05, 3.63) is 77.2 Å². The molecule has 31 heavy (non-hydrogen) atoms. The maximum atomic E-state index is 13.2. The van der Waals surface area contributed by atoms with Gasteiger partial charge in [0, 0.05) is 18.7 Å². The van der Waals surface area contributed by atoms with E-state index in [1.165, 1.54) is 23.0 Å². The summed E-state index contributed by atoms with van der Waals surface area (Å²) in [5.74, 6) is -0.272. The van der Waals surface area contributed by atoms with Gasteiger partial charge in [-0.3, -0.25) is 9.69 Å². The molecule has 0 radical (unpaired) electrons. The molecule has 0 amide bonds. The molecule has 4 rings (SSSR count). The summed E-state index contributed by atoms with van der Waals surface area (Å²) in [5.41, 5.74) is 8.83. The van der Waals surface area contributed by atoms with E-state index in [4.69, 9.17) is 10.5 Å². The number of halogens is 2. The Kier molecular flexibility index (Phi) is 7.79. The van der Waals surface area contributed by atoms with Gasteiger partial charge >= 0.3 is 0 Å². The maximum Gasteiger partial charge on any atom is 0.198 e. The largest absolute Gasteiger partial charge is 1.00 e. The number of carbonyl (C=O) groups is 1. The van der Waals surface area contributed by atoms with E-state index in [1.807, 2.05) is 18.2 Å². The van der Waals surface area contributed by atoms with Crippen LogP contribution in [0.4, 0.5) is 10.2 Å². The predicted octanol–water partition coefficient (Wildman–Crippen LogP) is 0.0934. The number of hydrogen-bond donors (Lipinski definition) is 1. The minimum absolute atomic E-state index is 0. The highest BCUT2D eigenvalue weighted by molar-refractivity contribution is 6.11. The fourth-order valence-electron chi connectivity index (χ4n) is 3.68. The second-order valence-electron chi connectivity index (χ2n) is 7.42. The summed E-state index contributed by atoms with van der Waals surface area (Å²) in [6, 6.07) is 13.5. The summed E-state index contributed by atoms with van der Waals surface area (Å²) in [6.07, 6.45) is 3.40. The first kappa shape index (κ1) is 22.9. The van der Waals surface area contributed by atoms with Gasteiger partial charge in [0.25, 0.3) is 0 Å². The Morgan fingerprint density at radius 1 is 1.13 bits per heavy atom. The molecule has 0 aliphatic carbocycles. The highest BCUT2D eigenvalue weighted by atomic mass is 35.5. The summed E-state index contributed by atoms with van der Waals surface area (Å²) in [7, 11) is 0. The van der Waals surface area contributed by atoms with Crippen LogP contribution in [0.2, 0.25) is 0 Å². The molecule has 1 aliphatic heterocycles. The number of nitrogen functional groups attached to an aromatic ring is 1. The Hall–Kier alpha value is -2.74. The van der Waals surface area contributed by atoms with Gasteiger partial charge in [0.05, 0.1) is 30.7 Å². The predicted molar refractivity (Wildman–Crippen MR) is 113 cm³/mol. The van der Waals surface area contributed by atoms with Crippen molar-refractivity contribution in [2.24, 2.45) is 0 Å². The van der Waals surface area contributed by atoms with Crippen LogP contribution >= 0.6 is 0 Å². The number of morpholine rings is 1. The molecule has 1 fully saturated rings. The lowest BCUT2D eigenvalue weighted by atomic mass is 10.0.